The summed E-state index contributed by atoms with van der Waals surface area (Å²) in [5.74, 6) is 2.09. The Balaban J connectivity index is 1.33. The minimum atomic E-state index is -0.223. The average Bonchev–Trinajstić information content (AvgIpc) is 3.74. The maximum Gasteiger partial charge on any atom is 0.291 e. The third-order valence-electron chi connectivity index (χ3n) is 6.83. The fraction of sp³-hybridized carbons (Fsp3) is 0.143. The number of aryl methyl sites for hydroxylation is 1. The third-order valence-corrected chi connectivity index (χ3v) is 7.79. The van der Waals surface area contributed by atoms with Crippen molar-refractivity contribution in [3.8, 4) is 28.4 Å². The molecule has 0 saturated carbocycles. The summed E-state index contributed by atoms with van der Waals surface area (Å²) in [6.45, 7) is 8.90. The first-order valence-electron chi connectivity index (χ1n) is 14.3. The molecule has 0 N–H and O–H groups in total. The van der Waals surface area contributed by atoms with Gasteiger partial charge in [-0.05, 0) is 79.1 Å². The van der Waals surface area contributed by atoms with Crippen molar-refractivity contribution in [1.82, 2.24) is 24.4 Å². The van der Waals surface area contributed by atoms with Gasteiger partial charge in [0, 0.05) is 17.3 Å². The van der Waals surface area contributed by atoms with Crippen molar-refractivity contribution in [2.45, 2.75) is 20.3 Å². The maximum atomic E-state index is 13.4. The lowest BCUT2D eigenvalue weighted by Crippen LogP contribution is -2.23. The molecule has 0 aliphatic rings. The van der Waals surface area contributed by atoms with Crippen molar-refractivity contribution in [2.24, 2.45) is 0 Å². The van der Waals surface area contributed by atoms with Crippen LogP contribution in [0.4, 0.5) is 0 Å². The molecule has 0 radical (unpaired) electrons. The number of hydrogen-bond acceptors (Lipinski definition) is 7. The Morgan fingerprint density at radius 1 is 0.977 bits per heavy atom. The molecule has 0 amide bonds. The Kier molecular flexibility index (Phi) is 8.47. The van der Waals surface area contributed by atoms with Crippen molar-refractivity contribution in [3.05, 3.63) is 129 Å². The molecule has 3 aromatic carbocycles. The van der Waals surface area contributed by atoms with E-state index in [0.29, 0.717) is 28.5 Å². The Morgan fingerprint density at radius 3 is 2.52 bits per heavy atom. The van der Waals surface area contributed by atoms with Crippen LogP contribution in [0.2, 0.25) is 0 Å². The Morgan fingerprint density at radius 2 is 1.80 bits per heavy atom. The number of nitrogens with zero attached hydrogens (tertiary/aromatic N) is 5. The van der Waals surface area contributed by atoms with Crippen molar-refractivity contribution in [2.75, 3.05) is 13.2 Å². The lowest BCUT2D eigenvalue weighted by molar-refractivity contribution is 0.315. The van der Waals surface area contributed by atoms with Crippen LogP contribution in [0.15, 0.2) is 96.4 Å². The highest BCUT2D eigenvalue weighted by Crippen LogP contribution is 2.29. The lowest BCUT2D eigenvalue weighted by Gasteiger charge is -2.09. The van der Waals surface area contributed by atoms with Crippen molar-refractivity contribution in [1.29, 1.82) is 0 Å². The summed E-state index contributed by atoms with van der Waals surface area (Å²) < 4.78 is 15.1. The number of hydrogen-bond donors (Lipinski definition) is 0. The monoisotopic (exact) mass is 601 g/mol. The second kappa shape index (κ2) is 12.9. The molecule has 0 spiro atoms. The summed E-state index contributed by atoms with van der Waals surface area (Å²) in [7, 11) is 0. The number of ether oxygens (including phenoxy) is 2. The van der Waals surface area contributed by atoms with E-state index in [0.717, 1.165) is 51.6 Å². The molecule has 0 aliphatic carbocycles. The minimum absolute atomic E-state index is 0.223. The van der Waals surface area contributed by atoms with Gasteiger partial charge in [0.25, 0.3) is 5.56 Å². The molecule has 44 heavy (non-hydrogen) atoms. The number of rotatable bonds is 11. The van der Waals surface area contributed by atoms with Crippen molar-refractivity contribution in [3.63, 3.8) is 0 Å². The Bertz CT molecular complexity index is 2060. The summed E-state index contributed by atoms with van der Waals surface area (Å²) in [6.07, 6.45) is 10.2. The summed E-state index contributed by atoms with van der Waals surface area (Å²) in [5.41, 5.74) is 5.21. The van der Waals surface area contributed by atoms with Gasteiger partial charge in [-0.15, -0.1) is 5.10 Å². The van der Waals surface area contributed by atoms with E-state index in [1.54, 1.807) is 12.2 Å². The Hall–Kier alpha value is -5.28. The molecule has 9 heteroatoms. The molecule has 0 saturated heterocycles. The largest absolute Gasteiger partial charge is 0.493 e. The second-order valence-corrected chi connectivity index (χ2v) is 11.1. The molecule has 3 aromatic heterocycles. The molecule has 6 aromatic rings. The smallest absolute Gasteiger partial charge is 0.291 e. The van der Waals surface area contributed by atoms with E-state index < -0.39 is 0 Å². The molecule has 0 atom stereocenters. The topological polar surface area (TPSA) is 83.5 Å². The third kappa shape index (κ3) is 6.23. The number of benzene rings is 3. The summed E-state index contributed by atoms with van der Waals surface area (Å²) in [5, 5.41) is 9.38. The molecule has 0 unspecified atom stereocenters. The minimum Gasteiger partial charge on any atom is -0.493 e. The van der Waals surface area contributed by atoms with E-state index >= 15 is 0 Å². The molecule has 220 valence electrons. The summed E-state index contributed by atoms with van der Waals surface area (Å²) >= 11 is 1.30. The van der Waals surface area contributed by atoms with Gasteiger partial charge < -0.3 is 9.47 Å². The standard InChI is InChI=1S/C35H31N5O3S/c1-4-19-42-29-15-11-25(12-16-29)13-18-32-36-35-40(37-32)34(41)31(44-35)22-27-23-39(28-9-7-6-8-10-28)38-33(27)26-14-17-30(24(3)21-26)43-20-5-2/h4,6-18,21-23H,1,5,19-20H2,2-3H3/b18-13+,31-22-. The van der Waals surface area contributed by atoms with Gasteiger partial charge in [0.05, 0.1) is 16.8 Å². The zero-order valence-corrected chi connectivity index (χ0v) is 25.3. The number of thiazole rings is 1. The van der Waals surface area contributed by atoms with E-state index in [-0.39, 0.29) is 5.56 Å². The predicted octanol–water partition coefficient (Wildman–Crippen LogP) is 6.38. The van der Waals surface area contributed by atoms with Crippen LogP contribution < -0.4 is 19.6 Å². The van der Waals surface area contributed by atoms with E-state index in [1.165, 1.54) is 15.9 Å². The van der Waals surface area contributed by atoms with Gasteiger partial charge in [0.15, 0.2) is 5.82 Å². The molecule has 0 bridgehead atoms. The van der Waals surface area contributed by atoms with Crippen LogP contribution in [0, 0.1) is 6.92 Å². The normalized spacial score (nSPS) is 11.9. The summed E-state index contributed by atoms with van der Waals surface area (Å²) in [6, 6.07) is 23.6. The fourth-order valence-corrected chi connectivity index (χ4v) is 5.57. The van der Waals surface area contributed by atoms with Gasteiger partial charge in [-0.3, -0.25) is 4.79 Å². The molecular formula is C35H31N5O3S. The maximum absolute atomic E-state index is 13.4. The highest BCUT2D eigenvalue weighted by atomic mass is 32.1. The first-order valence-corrected chi connectivity index (χ1v) is 15.2. The molecule has 8 nitrogen and oxygen atoms in total. The molecule has 0 fully saturated rings. The van der Waals surface area contributed by atoms with E-state index in [4.69, 9.17) is 14.6 Å². The van der Waals surface area contributed by atoms with E-state index in [2.05, 4.69) is 29.7 Å². The zero-order chi connectivity index (χ0) is 30.5. The number of fused-ring (bicyclic) bond motifs is 1. The number of para-hydroxylation sites is 1. The quantitative estimate of drug-likeness (QED) is 0.160. The zero-order valence-electron chi connectivity index (χ0n) is 24.5. The highest BCUT2D eigenvalue weighted by molar-refractivity contribution is 7.15. The lowest BCUT2D eigenvalue weighted by atomic mass is 10.0. The number of aromatic nitrogens is 5. The van der Waals surface area contributed by atoms with Crippen LogP contribution in [0.25, 0.3) is 40.1 Å². The van der Waals surface area contributed by atoms with Crippen molar-refractivity contribution >= 4 is 34.5 Å². The molecular weight excluding hydrogens is 570 g/mol. The van der Waals surface area contributed by atoms with Crippen LogP contribution in [0.3, 0.4) is 0 Å². The van der Waals surface area contributed by atoms with Gasteiger partial charge in [0.2, 0.25) is 4.96 Å². The van der Waals surface area contributed by atoms with Crippen molar-refractivity contribution < 1.29 is 9.47 Å². The first-order chi connectivity index (χ1) is 21.5. The van der Waals surface area contributed by atoms with Crippen LogP contribution >= 0.6 is 11.3 Å². The van der Waals surface area contributed by atoms with E-state index in [9.17, 15) is 4.79 Å². The molecule has 6 rings (SSSR count). The van der Waals surface area contributed by atoms with Crippen LogP contribution in [0.5, 0.6) is 11.5 Å². The SMILES string of the molecule is C=CCOc1ccc(/C=C/c2nc3s/c(=C\c4cn(-c5ccccc5)nc4-c4ccc(OCCC)c(C)c4)c(=O)n3n2)cc1. The Labute approximate surface area is 258 Å². The van der Waals surface area contributed by atoms with Crippen LogP contribution in [0.1, 0.15) is 35.9 Å². The van der Waals surface area contributed by atoms with Gasteiger partial charge in [-0.2, -0.15) is 14.6 Å². The van der Waals surface area contributed by atoms with Gasteiger partial charge in [0.1, 0.15) is 23.8 Å². The van der Waals surface area contributed by atoms with Crippen LogP contribution in [-0.4, -0.2) is 37.6 Å². The highest BCUT2D eigenvalue weighted by Gasteiger charge is 2.15. The second-order valence-electron chi connectivity index (χ2n) is 10.1. The molecule has 0 aliphatic heterocycles. The van der Waals surface area contributed by atoms with E-state index in [1.807, 2.05) is 96.7 Å². The van der Waals surface area contributed by atoms with Gasteiger partial charge in [-0.1, -0.05) is 67.3 Å². The fourth-order valence-electron chi connectivity index (χ4n) is 4.66. The first kappa shape index (κ1) is 28.8. The summed E-state index contributed by atoms with van der Waals surface area (Å²) in [4.78, 5) is 18.5. The predicted molar refractivity (Wildman–Crippen MR) is 177 cm³/mol. The van der Waals surface area contributed by atoms with Gasteiger partial charge in [-0.25, -0.2) is 4.68 Å². The molecule has 3 heterocycles. The van der Waals surface area contributed by atoms with Gasteiger partial charge >= 0.3 is 0 Å². The average molecular weight is 602 g/mol. The van der Waals surface area contributed by atoms with Crippen LogP contribution in [-0.2, 0) is 0 Å².